The summed E-state index contributed by atoms with van der Waals surface area (Å²) in [6.45, 7) is 0.611. The van der Waals surface area contributed by atoms with E-state index in [1.54, 1.807) is 12.1 Å². The zero-order valence-corrected chi connectivity index (χ0v) is 12.8. The molecule has 5 nitrogen and oxygen atoms in total. The van der Waals surface area contributed by atoms with Crippen LogP contribution < -0.4 is 16.2 Å². The second-order valence-electron chi connectivity index (χ2n) is 4.57. The number of nitrogens with one attached hydrogen (secondary N) is 1. The van der Waals surface area contributed by atoms with Crippen LogP contribution in [0.5, 0.6) is 0 Å². The molecule has 5 N–H and O–H groups in total. The van der Waals surface area contributed by atoms with E-state index >= 15 is 0 Å². The van der Waals surface area contributed by atoms with E-state index in [9.17, 15) is 8.42 Å². The molecule has 0 fully saturated rings. The Labute approximate surface area is 129 Å². The fourth-order valence-corrected chi connectivity index (χ4v) is 2.75. The lowest BCUT2D eigenvalue weighted by atomic mass is 10.1. The summed E-state index contributed by atoms with van der Waals surface area (Å²) in [4.78, 5) is -0.0704. The van der Waals surface area contributed by atoms with E-state index in [0.717, 1.165) is 12.0 Å². The highest BCUT2D eigenvalue weighted by Gasteiger charge is 2.14. The zero-order chi connectivity index (χ0) is 15.5. The van der Waals surface area contributed by atoms with Crippen LogP contribution in [0.25, 0.3) is 0 Å². The summed E-state index contributed by atoms with van der Waals surface area (Å²) >= 11 is 5.82. The summed E-state index contributed by atoms with van der Waals surface area (Å²) in [7, 11) is -3.82. The summed E-state index contributed by atoms with van der Waals surface area (Å²) in [5.74, 6) is 0. The first-order chi connectivity index (χ1) is 9.88. The van der Waals surface area contributed by atoms with Gasteiger partial charge in [-0.15, -0.1) is 0 Å². The Morgan fingerprint density at radius 3 is 2.38 bits per heavy atom. The number of para-hydroxylation sites is 1. The van der Waals surface area contributed by atoms with Crippen LogP contribution in [0.3, 0.4) is 0 Å². The van der Waals surface area contributed by atoms with Gasteiger partial charge in [0.05, 0.1) is 11.4 Å². The van der Waals surface area contributed by atoms with Crippen molar-refractivity contribution in [1.29, 1.82) is 0 Å². The van der Waals surface area contributed by atoms with Crippen molar-refractivity contribution >= 4 is 33.0 Å². The van der Waals surface area contributed by atoms with Gasteiger partial charge in [0, 0.05) is 11.6 Å². The number of halogens is 1. The maximum atomic E-state index is 11.4. The number of nitrogens with two attached hydrogens (primary N) is 2. The molecule has 0 aliphatic carbocycles. The molecule has 2 rings (SSSR count). The number of hydrogen-bond donors (Lipinski definition) is 3. The van der Waals surface area contributed by atoms with Crippen molar-refractivity contribution in [2.24, 2.45) is 5.14 Å². The Bertz CT molecular complexity index is 730. The molecule has 7 heteroatoms. The zero-order valence-electron chi connectivity index (χ0n) is 11.2. The third-order valence-electron chi connectivity index (χ3n) is 3.02. The molecule has 0 amide bonds. The number of rotatable bonds is 5. The molecule has 0 saturated carbocycles. The number of hydrogen-bond acceptors (Lipinski definition) is 4. The highest BCUT2D eigenvalue weighted by Crippen LogP contribution is 2.25. The molecule has 0 radical (unpaired) electrons. The average Bonchev–Trinajstić information content (AvgIpc) is 2.41. The van der Waals surface area contributed by atoms with Crippen molar-refractivity contribution < 1.29 is 8.42 Å². The molecule has 112 valence electrons. The van der Waals surface area contributed by atoms with Crippen LogP contribution >= 0.6 is 11.6 Å². The van der Waals surface area contributed by atoms with Crippen LogP contribution in [0.1, 0.15) is 5.56 Å². The van der Waals surface area contributed by atoms with Gasteiger partial charge in [-0.2, -0.15) is 0 Å². The van der Waals surface area contributed by atoms with Crippen LogP contribution in [0.15, 0.2) is 47.4 Å². The van der Waals surface area contributed by atoms with Crippen molar-refractivity contribution in [1.82, 2.24) is 0 Å². The van der Waals surface area contributed by atoms with E-state index in [2.05, 4.69) is 5.32 Å². The van der Waals surface area contributed by atoms with Crippen molar-refractivity contribution in [3.8, 4) is 0 Å². The lowest BCUT2D eigenvalue weighted by Gasteiger charge is -2.12. The summed E-state index contributed by atoms with van der Waals surface area (Å²) in [6, 6.07) is 12.2. The van der Waals surface area contributed by atoms with E-state index in [4.69, 9.17) is 22.5 Å². The maximum absolute atomic E-state index is 11.4. The Hall–Kier alpha value is -1.76. The van der Waals surface area contributed by atoms with Gasteiger partial charge in [-0.1, -0.05) is 29.8 Å². The SMILES string of the molecule is Nc1c(NCCc2ccc(Cl)cc2)cccc1S(N)(=O)=O. The van der Waals surface area contributed by atoms with E-state index in [1.807, 2.05) is 24.3 Å². The topological polar surface area (TPSA) is 98.2 Å². The highest BCUT2D eigenvalue weighted by molar-refractivity contribution is 7.89. The van der Waals surface area contributed by atoms with Crippen LogP contribution in [0.4, 0.5) is 11.4 Å². The third kappa shape index (κ3) is 4.10. The second-order valence-corrected chi connectivity index (χ2v) is 6.53. The van der Waals surface area contributed by atoms with Gasteiger partial charge in [0.1, 0.15) is 4.90 Å². The molecule has 0 unspecified atom stereocenters. The smallest absolute Gasteiger partial charge is 0.240 e. The predicted molar refractivity (Wildman–Crippen MR) is 85.9 cm³/mol. The number of benzene rings is 2. The van der Waals surface area contributed by atoms with Crippen LogP contribution in [0.2, 0.25) is 5.02 Å². The van der Waals surface area contributed by atoms with E-state index in [1.165, 1.54) is 6.07 Å². The van der Waals surface area contributed by atoms with Gasteiger partial charge in [0.2, 0.25) is 10.0 Å². The van der Waals surface area contributed by atoms with E-state index in [-0.39, 0.29) is 10.6 Å². The van der Waals surface area contributed by atoms with E-state index < -0.39 is 10.0 Å². The van der Waals surface area contributed by atoms with Crippen LogP contribution in [-0.4, -0.2) is 15.0 Å². The monoisotopic (exact) mass is 325 g/mol. The fraction of sp³-hybridized carbons (Fsp3) is 0.143. The number of primary sulfonamides is 1. The van der Waals surface area contributed by atoms with Crippen molar-refractivity contribution in [2.45, 2.75) is 11.3 Å². The van der Waals surface area contributed by atoms with Gasteiger partial charge in [0.25, 0.3) is 0 Å². The fourth-order valence-electron chi connectivity index (χ4n) is 1.94. The Morgan fingerprint density at radius 1 is 1.10 bits per heavy atom. The second kappa shape index (κ2) is 6.34. The van der Waals surface area contributed by atoms with Crippen molar-refractivity contribution in [3.05, 3.63) is 53.1 Å². The van der Waals surface area contributed by atoms with Crippen molar-refractivity contribution in [2.75, 3.05) is 17.6 Å². The molecule has 2 aromatic carbocycles. The number of nitrogen functional groups attached to an aromatic ring is 1. The predicted octanol–water partition coefficient (Wildman–Crippen LogP) is 2.22. The quantitative estimate of drug-likeness (QED) is 0.734. The van der Waals surface area contributed by atoms with Gasteiger partial charge >= 0.3 is 0 Å². The standard InChI is InChI=1S/C14H16ClN3O2S/c15-11-6-4-10(5-7-11)8-9-18-12-2-1-3-13(14(12)16)21(17,19)20/h1-7,18H,8-9,16H2,(H2,17,19,20). The minimum Gasteiger partial charge on any atom is -0.396 e. The van der Waals surface area contributed by atoms with Gasteiger partial charge < -0.3 is 11.1 Å². The Kier molecular flexibility index (Phi) is 4.72. The molecule has 0 saturated heterocycles. The van der Waals surface area contributed by atoms with Crippen LogP contribution in [-0.2, 0) is 16.4 Å². The summed E-state index contributed by atoms with van der Waals surface area (Å²) in [5, 5.41) is 8.91. The maximum Gasteiger partial charge on any atom is 0.240 e. The van der Waals surface area contributed by atoms with Gasteiger partial charge in [0.15, 0.2) is 0 Å². The normalized spacial score (nSPS) is 11.3. The molecule has 0 atom stereocenters. The molecule has 0 spiro atoms. The summed E-state index contributed by atoms with van der Waals surface area (Å²) in [6.07, 6.45) is 0.760. The molecule has 0 heterocycles. The van der Waals surface area contributed by atoms with Gasteiger partial charge in [-0.3, -0.25) is 0 Å². The van der Waals surface area contributed by atoms with Gasteiger partial charge in [-0.05, 0) is 36.2 Å². The minimum absolute atomic E-state index is 0.0704. The van der Waals surface area contributed by atoms with Gasteiger partial charge in [-0.25, -0.2) is 13.6 Å². The highest BCUT2D eigenvalue weighted by atomic mass is 35.5. The lowest BCUT2D eigenvalue weighted by Crippen LogP contribution is -2.16. The number of sulfonamides is 1. The first kappa shape index (κ1) is 15.6. The summed E-state index contributed by atoms with van der Waals surface area (Å²) in [5.41, 5.74) is 7.63. The molecule has 0 aromatic heterocycles. The third-order valence-corrected chi connectivity index (χ3v) is 4.24. The molecule has 0 aliphatic heterocycles. The molecule has 2 aromatic rings. The molecule has 0 bridgehead atoms. The summed E-state index contributed by atoms with van der Waals surface area (Å²) < 4.78 is 22.8. The van der Waals surface area contributed by atoms with Crippen molar-refractivity contribution in [3.63, 3.8) is 0 Å². The lowest BCUT2D eigenvalue weighted by molar-refractivity contribution is 0.598. The largest absolute Gasteiger partial charge is 0.396 e. The first-order valence-electron chi connectivity index (χ1n) is 6.27. The van der Waals surface area contributed by atoms with E-state index in [0.29, 0.717) is 17.3 Å². The average molecular weight is 326 g/mol. The molecule has 21 heavy (non-hydrogen) atoms. The first-order valence-corrected chi connectivity index (χ1v) is 8.20. The minimum atomic E-state index is -3.82. The molecular weight excluding hydrogens is 310 g/mol. The molecular formula is C14H16ClN3O2S. The Morgan fingerprint density at radius 2 is 1.76 bits per heavy atom. The van der Waals surface area contributed by atoms with Crippen LogP contribution in [0, 0.1) is 0 Å². The number of anilines is 2. The Balaban J connectivity index is 2.05. The molecule has 0 aliphatic rings.